The van der Waals surface area contributed by atoms with Gasteiger partial charge in [0.2, 0.25) is 0 Å². The first-order chi connectivity index (χ1) is 7.86. The summed E-state index contributed by atoms with van der Waals surface area (Å²) in [5, 5.41) is 15.8. The van der Waals surface area contributed by atoms with Crippen molar-refractivity contribution in [1.82, 2.24) is 10.2 Å². The molecule has 1 aromatic rings. The van der Waals surface area contributed by atoms with Crippen LogP contribution in [0, 0.1) is 11.3 Å². The predicted molar refractivity (Wildman–Crippen MR) is 68.4 cm³/mol. The molecule has 3 N–H and O–H groups in total. The topological polar surface area (TPSA) is 90.8 Å². The molecule has 0 spiro atoms. The fraction of sp³-hybridized carbons (Fsp3) is 0.545. The molecule has 0 aliphatic heterocycles. The number of halogens is 1. The van der Waals surface area contributed by atoms with E-state index >= 15 is 0 Å². The highest BCUT2D eigenvalue weighted by Gasteiger charge is 2.22. The van der Waals surface area contributed by atoms with Gasteiger partial charge in [-0.25, -0.2) is 4.99 Å². The number of rotatable bonds is 3. The molecule has 0 bridgehead atoms. The molecule has 17 heavy (non-hydrogen) atoms. The molecule has 6 heteroatoms. The molecule has 0 radical (unpaired) electrons. The number of amidine groups is 1. The zero-order chi connectivity index (χ0) is 13.1. The Labute approximate surface area is 106 Å². The highest BCUT2D eigenvalue weighted by Crippen LogP contribution is 2.33. The van der Waals surface area contributed by atoms with Gasteiger partial charge in [-0.05, 0) is 0 Å². The Morgan fingerprint density at radius 1 is 1.59 bits per heavy atom. The van der Waals surface area contributed by atoms with E-state index in [-0.39, 0.29) is 5.41 Å². The predicted octanol–water partition coefficient (Wildman–Crippen LogP) is 2.65. The first-order valence-electron chi connectivity index (χ1n) is 5.30. The molecular weight excluding hydrogens is 238 g/mol. The molecule has 0 saturated carbocycles. The van der Waals surface area contributed by atoms with Crippen molar-refractivity contribution in [2.75, 3.05) is 0 Å². The summed E-state index contributed by atoms with van der Waals surface area (Å²) >= 11 is 6.17. The number of nitrogens with two attached hydrogens (primary N) is 1. The van der Waals surface area contributed by atoms with Crippen LogP contribution >= 0.6 is 11.6 Å². The van der Waals surface area contributed by atoms with Gasteiger partial charge in [-0.1, -0.05) is 32.4 Å². The maximum absolute atomic E-state index is 8.44. The second-order valence-corrected chi connectivity index (χ2v) is 5.13. The van der Waals surface area contributed by atoms with Gasteiger partial charge in [-0.15, -0.1) is 0 Å². The Balaban J connectivity index is 2.95. The minimum absolute atomic E-state index is 0.126. The van der Waals surface area contributed by atoms with Crippen molar-refractivity contribution < 1.29 is 0 Å². The summed E-state index contributed by atoms with van der Waals surface area (Å²) in [6, 6.07) is 2.01. The number of aliphatic imine (C=N–C) groups is 1. The van der Waals surface area contributed by atoms with Crippen LogP contribution in [-0.4, -0.2) is 16.0 Å². The van der Waals surface area contributed by atoms with Gasteiger partial charge in [-0.2, -0.15) is 10.4 Å². The van der Waals surface area contributed by atoms with Crippen molar-refractivity contribution >= 4 is 23.3 Å². The molecule has 0 unspecified atom stereocenters. The van der Waals surface area contributed by atoms with Crippen molar-refractivity contribution in [2.45, 2.75) is 39.0 Å². The summed E-state index contributed by atoms with van der Waals surface area (Å²) in [7, 11) is 0. The van der Waals surface area contributed by atoms with Crippen LogP contribution in [0.25, 0.3) is 0 Å². The van der Waals surface area contributed by atoms with E-state index in [2.05, 4.69) is 15.2 Å². The number of aromatic amines is 1. The van der Waals surface area contributed by atoms with Gasteiger partial charge in [-0.3, -0.25) is 5.10 Å². The summed E-state index contributed by atoms with van der Waals surface area (Å²) < 4.78 is 0. The lowest BCUT2D eigenvalue weighted by Crippen LogP contribution is -2.12. The fourth-order valence-corrected chi connectivity index (χ4v) is 1.68. The van der Waals surface area contributed by atoms with Crippen molar-refractivity contribution in [1.29, 1.82) is 5.26 Å². The van der Waals surface area contributed by atoms with Gasteiger partial charge in [0.25, 0.3) is 0 Å². The van der Waals surface area contributed by atoms with Crippen molar-refractivity contribution in [3.05, 3.63) is 10.7 Å². The Kier molecular flexibility index (Phi) is 4.13. The second-order valence-electron chi connectivity index (χ2n) is 4.75. The SMILES string of the molecule is CC(C)(C)c1[nH]nc(N=C(N)CCC#N)c1Cl. The van der Waals surface area contributed by atoms with Gasteiger partial charge in [0, 0.05) is 18.3 Å². The second kappa shape index (κ2) is 5.19. The van der Waals surface area contributed by atoms with Crippen LogP contribution < -0.4 is 5.73 Å². The van der Waals surface area contributed by atoms with Gasteiger partial charge < -0.3 is 5.73 Å². The number of hydrogen-bond acceptors (Lipinski definition) is 3. The van der Waals surface area contributed by atoms with E-state index in [0.29, 0.717) is 29.5 Å². The largest absolute Gasteiger partial charge is 0.387 e. The van der Waals surface area contributed by atoms with Crippen LogP contribution in [0.1, 0.15) is 39.3 Å². The van der Waals surface area contributed by atoms with E-state index in [1.165, 1.54) is 0 Å². The van der Waals surface area contributed by atoms with Crippen molar-refractivity contribution in [2.24, 2.45) is 10.7 Å². The van der Waals surface area contributed by atoms with E-state index in [1.807, 2.05) is 26.8 Å². The Morgan fingerprint density at radius 3 is 2.71 bits per heavy atom. The lowest BCUT2D eigenvalue weighted by atomic mass is 9.92. The van der Waals surface area contributed by atoms with Crippen molar-refractivity contribution in [3.8, 4) is 6.07 Å². The first kappa shape index (κ1) is 13.5. The van der Waals surface area contributed by atoms with Crippen LogP contribution in [-0.2, 0) is 5.41 Å². The van der Waals surface area contributed by atoms with Crippen LogP contribution in [0.3, 0.4) is 0 Å². The van der Waals surface area contributed by atoms with Crippen LogP contribution in [0.4, 0.5) is 5.82 Å². The number of hydrogen-bond donors (Lipinski definition) is 2. The highest BCUT2D eigenvalue weighted by molar-refractivity contribution is 6.33. The molecule has 1 aromatic heterocycles. The van der Waals surface area contributed by atoms with E-state index < -0.39 is 0 Å². The summed E-state index contributed by atoms with van der Waals surface area (Å²) in [6.07, 6.45) is 0.758. The van der Waals surface area contributed by atoms with E-state index in [1.54, 1.807) is 0 Å². The van der Waals surface area contributed by atoms with Crippen LogP contribution in [0.2, 0.25) is 5.02 Å². The first-order valence-corrected chi connectivity index (χ1v) is 5.68. The standard InChI is InChI=1S/C11H16ClN5/c1-11(2,3)9-8(12)10(17-16-9)15-7(14)5-4-6-13/h4-5H2,1-3H3,(H3,14,15,16,17). The zero-order valence-corrected chi connectivity index (χ0v) is 11.0. The third-order valence-corrected chi connectivity index (χ3v) is 2.54. The fourth-order valence-electron chi connectivity index (χ4n) is 1.27. The van der Waals surface area contributed by atoms with Gasteiger partial charge in [0.1, 0.15) is 10.9 Å². The summed E-state index contributed by atoms with van der Waals surface area (Å²) in [5.74, 6) is 0.743. The normalized spacial score (nSPS) is 12.5. The number of nitrogens with zero attached hydrogens (tertiary/aromatic N) is 3. The smallest absolute Gasteiger partial charge is 0.194 e. The molecule has 1 heterocycles. The quantitative estimate of drug-likeness (QED) is 0.641. The van der Waals surface area contributed by atoms with Crippen molar-refractivity contribution in [3.63, 3.8) is 0 Å². The Bertz CT molecular complexity index is 461. The average Bonchev–Trinajstić information content (AvgIpc) is 2.57. The summed E-state index contributed by atoms with van der Waals surface area (Å²) in [5.41, 5.74) is 6.36. The number of nitriles is 1. The molecule has 0 aromatic carbocycles. The molecule has 0 aliphatic carbocycles. The van der Waals surface area contributed by atoms with Crippen LogP contribution in [0.5, 0.6) is 0 Å². The summed E-state index contributed by atoms with van der Waals surface area (Å²) in [6.45, 7) is 6.08. The lowest BCUT2D eigenvalue weighted by molar-refractivity contribution is 0.567. The number of nitrogens with one attached hydrogen (secondary N) is 1. The Morgan fingerprint density at radius 2 is 2.24 bits per heavy atom. The highest BCUT2D eigenvalue weighted by atomic mass is 35.5. The molecule has 0 atom stereocenters. The lowest BCUT2D eigenvalue weighted by Gasteiger charge is -2.15. The van der Waals surface area contributed by atoms with Gasteiger partial charge in [0.15, 0.2) is 5.82 Å². The number of aromatic nitrogens is 2. The molecule has 0 saturated heterocycles. The number of H-pyrrole nitrogens is 1. The molecule has 5 nitrogen and oxygen atoms in total. The molecule has 0 amide bonds. The average molecular weight is 254 g/mol. The molecule has 92 valence electrons. The van der Waals surface area contributed by atoms with E-state index in [4.69, 9.17) is 22.6 Å². The minimum Gasteiger partial charge on any atom is -0.387 e. The summed E-state index contributed by atoms with van der Waals surface area (Å²) in [4.78, 5) is 4.10. The molecule has 0 fully saturated rings. The van der Waals surface area contributed by atoms with Gasteiger partial charge >= 0.3 is 0 Å². The maximum Gasteiger partial charge on any atom is 0.194 e. The Hall–Kier alpha value is -1.54. The van der Waals surface area contributed by atoms with Gasteiger partial charge in [0.05, 0.1) is 11.8 Å². The monoisotopic (exact) mass is 253 g/mol. The molecular formula is C11H16ClN5. The van der Waals surface area contributed by atoms with E-state index in [9.17, 15) is 0 Å². The zero-order valence-electron chi connectivity index (χ0n) is 10.2. The van der Waals surface area contributed by atoms with Crippen LogP contribution in [0.15, 0.2) is 4.99 Å². The maximum atomic E-state index is 8.44. The minimum atomic E-state index is -0.126. The molecule has 0 aliphatic rings. The third kappa shape index (κ3) is 3.46. The van der Waals surface area contributed by atoms with E-state index in [0.717, 1.165) is 5.69 Å². The molecule has 1 rings (SSSR count). The third-order valence-electron chi connectivity index (χ3n) is 2.18.